The number of hydrogen-bond donors (Lipinski definition) is 2. The van der Waals surface area contributed by atoms with Crippen molar-refractivity contribution in [2.24, 2.45) is 4.99 Å². The van der Waals surface area contributed by atoms with E-state index >= 15 is 0 Å². The molecule has 0 aliphatic rings. The molecule has 1 heterocycles. The van der Waals surface area contributed by atoms with Crippen LogP contribution in [0.5, 0.6) is 0 Å². The quantitative estimate of drug-likeness (QED) is 0.324. The lowest BCUT2D eigenvalue weighted by molar-refractivity contribution is 0.180. The van der Waals surface area contributed by atoms with Gasteiger partial charge in [0.2, 0.25) is 0 Å². The highest BCUT2D eigenvalue weighted by molar-refractivity contribution is 5.79. The van der Waals surface area contributed by atoms with E-state index < -0.39 is 0 Å². The minimum Gasteiger partial charge on any atom is -0.385 e. The summed E-state index contributed by atoms with van der Waals surface area (Å²) in [6.07, 6.45) is 6.72. The highest BCUT2D eigenvalue weighted by Crippen LogP contribution is 1.92. The summed E-state index contributed by atoms with van der Waals surface area (Å²) in [7, 11) is 5.66. The maximum atomic E-state index is 5.06. The molecule has 0 aromatic carbocycles. The van der Waals surface area contributed by atoms with Crippen LogP contribution in [0.1, 0.15) is 19.3 Å². The smallest absolute Gasteiger partial charge is 0.191 e. The van der Waals surface area contributed by atoms with Crippen molar-refractivity contribution >= 4 is 5.96 Å². The molecule has 0 spiro atoms. The summed E-state index contributed by atoms with van der Waals surface area (Å²) in [5.74, 6) is 0.861. The van der Waals surface area contributed by atoms with Crippen LogP contribution in [-0.4, -0.2) is 79.6 Å². The lowest BCUT2D eigenvalue weighted by atomic mass is 10.3. The Morgan fingerprint density at radius 1 is 1.13 bits per heavy atom. The van der Waals surface area contributed by atoms with Crippen molar-refractivity contribution < 1.29 is 4.74 Å². The summed E-state index contributed by atoms with van der Waals surface area (Å²) in [5.41, 5.74) is 0. The van der Waals surface area contributed by atoms with E-state index in [1.165, 1.54) is 0 Å². The minimum atomic E-state index is 0.816. The molecule has 0 atom stereocenters. The monoisotopic (exact) mass is 325 g/mol. The number of methoxy groups -OCH3 is 1. The van der Waals surface area contributed by atoms with Crippen LogP contribution in [0.15, 0.2) is 17.6 Å². The second-order valence-corrected chi connectivity index (χ2v) is 5.48. The largest absolute Gasteiger partial charge is 0.385 e. The van der Waals surface area contributed by atoms with Crippen molar-refractivity contribution in [3.63, 3.8) is 0 Å². The zero-order valence-corrected chi connectivity index (χ0v) is 14.7. The fourth-order valence-corrected chi connectivity index (χ4v) is 2.14. The Morgan fingerprint density at radius 3 is 2.57 bits per heavy atom. The number of rotatable bonds is 12. The SMILES string of the molecule is CN=C(NCCCCn1cnnc1)NCCN(C)CCCOC. The van der Waals surface area contributed by atoms with E-state index in [0.717, 1.165) is 64.6 Å². The van der Waals surface area contributed by atoms with Gasteiger partial charge in [-0.05, 0) is 26.3 Å². The topological polar surface area (TPSA) is 79.6 Å². The van der Waals surface area contributed by atoms with Gasteiger partial charge in [-0.15, -0.1) is 10.2 Å². The van der Waals surface area contributed by atoms with Gasteiger partial charge in [-0.3, -0.25) is 4.99 Å². The summed E-state index contributed by atoms with van der Waals surface area (Å²) in [6.45, 7) is 5.58. The van der Waals surface area contributed by atoms with Crippen LogP contribution in [0, 0.1) is 0 Å². The number of guanidine groups is 1. The van der Waals surface area contributed by atoms with Gasteiger partial charge in [0.15, 0.2) is 5.96 Å². The number of ether oxygens (including phenoxy) is 1. The first-order valence-electron chi connectivity index (χ1n) is 8.20. The van der Waals surface area contributed by atoms with Crippen LogP contribution < -0.4 is 10.6 Å². The molecule has 0 radical (unpaired) electrons. The Morgan fingerprint density at radius 2 is 1.87 bits per heavy atom. The Hall–Kier alpha value is -1.67. The predicted octanol–water partition coefficient (Wildman–Crippen LogP) is 0.192. The van der Waals surface area contributed by atoms with Crippen molar-refractivity contribution in [3.05, 3.63) is 12.7 Å². The molecule has 1 aromatic heterocycles. The highest BCUT2D eigenvalue weighted by Gasteiger charge is 2.00. The number of likely N-dealkylation sites (N-methyl/N-ethyl adjacent to an activating group) is 1. The number of nitrogens with zero attached hydrogens (tertiary/aromatic N) is 5. The number of aryl methyl sites for hydroxylation is 1. The lowest BCUT2D eigenvalue weighted by Crippen LogP contribution is -2.41. The summed E-state index contributed by atoms with van der Waals surface area (Å²) in [5, 5.41) is 14.3. The summed E-state index contributed by atoms with van der Waals surface area (Å²) in [4.78, 5) is 6.53. The van der Waals surface area contributed by atoms with Gasteiger partial charge in [-0.25, -0.2) is 0 Å². The Balaban J connectivity index is 2.01. The highest BCUT2D eigenvalue weighted by atomic mass is 16.5. The van der Waals surface area contributed by atoms with Gasteiger partial charge >= 0.3 is 0 Å². The van der Waals surface area contributed by atoms with Crippen LogP contribution in [0.4, 0.5) is 0 Å². The van der Waals surface area contributed by atoms with Gasteiger partial charge in [-0.2, -0.15) is 0 Å². The van der Waals surface area contributed by atoms with Crippen molar-refractivity contribution in [3.8, 4) is 0 Å². The third-order valence-corrected chi connectivity index (χ3v) is 3.50. The fraction of sp³-hybridized carbons (Fsp3) is 0.800. The molecule has 0 bridgehead atoms. The van der Waals surface area contributed by atoms with Crippen molar-refractivity contribution in [1.82, 2.24) is 30.3 Å². The van der Waals surface area contributed by atoms with Crippen LogP contribution in [0.2, 0.25) is 0 Å². The molecule has 23 heavy (non-hydrogen) atoms. The number of nitrogens with one attached hydrogen (secondary N) is 2. The maximum absolute atomic E-state index is 5.06. The van der Waals surface area contributed by atoms with E-state index in [1.807, 2.05) is 4.57 Å². The van der Waals surface area contributed by atoms with Crippen LogP contribution in [0.25, 0.3) is 0 Å². The second-order valence-electron chi connectivity index (χ2n) is 5.48. The molecule has 2 N–H and O–H groups in total. The lowest BCUT2D eigenvalue weighted by Gasteiger charge is -2.18. The molecule has 1 aromatic rings. The average Bonchev–Trinajstić information content (AvgIpc) is 3.06. The van der Waals surface area contributed by atoms with E-state index in [0.29, 0.717) is 0 Å². The van der Waals surface area contributed by atoms with Crippen molar-refractivity contribution in [2.75, 3.05) is 54.0 Å². The normalized spacial score (nSPS) is 11.9. The molecule has 0 amide bonds. The molecule has 8 heteroatoms. The molecule has 0 fully saturated rings. The van der Waals surface area contributed by atoms with Crippen molar-refractivity contribution in [1.29, 1.82) is 0 Å². The van der Waals surface area contributed by atoms with E-state index in [4.69, 9.17) is 4.74 Å². The molecule has 0 saturated carbocycles. The van der Waals surface area contributed by atoms with Gasteiger partial charge in [0, 0.05) is 53.5 Å². The van der Waals surface area contributed by atoms with Gasteiger partial charge in [0.25, 0.3) is 0 Å². The van der Waals surface area contributed by atoms with Gasteiger partial charge in [-0.1, -0.05) is 0 Å². The minimum absolute atomic E-state index is 0.816. The molecule has 8 nitrogen and oxygen atoms in total. The van der Waals surface area contributed by atoms with Gasteiger partial charge in [0.1, 0.15) is 12.7 Å². The summed E-state index contributed by atoms with van der Waals surface area (Å²) < 4.78 is 7.05. The first-order valence-corrected chi connectivity index (χ1v) is 8.20. The first-order chi connectivity index (χ1) is 11.3. The van der Waals surface area contributed by atoms with Crippen LogP contribution >= 0.6 is 0 Å². The zero-order valence-electron chi connectivity index (χ0n) is 14.7. The Labute approximate surface area is 139 Å². The van der Waals surface area contributed by atoms with Crippen molar-refractivity contribution in [2.45, 2.75) is 25.8 Å². The number of hydrogen-bond acceptors (Lipinski definition) is 5. The zero-order chi connectivity index (χ0) is 16.8. The molecular formula is C15H31N7O. The second kappa shape index (κ2) is 12.8. The van der Waals surface area contributed by atoms with E-state index in [2.05, 4.69) is 37.8 Å². The van der Waals surface area contributed by atoms with E-state index in [9.17, 15) is 0 Å². The Bertz CT molecular complexity index is 408. The third kappa shape index (κ3) is 9.85. The first kappa shape index (κ1) is 19.4. The predicted molar refractivity (Wildman–Crippen MR) is 92.6 cm³/mol. The number of aliphatic imine (C=N–C) groups is 1. The fourth-order valence-electron chi connectivity index (χ4n) is 2.14. The molecule has 0 aliphatic carbocycles. The Kier molecular flexibility index (Phi) is 10.8. The molecule has 132 valence electrons. The van der Waals surface area contributed by atoms with Crippen LogP contribution in [-0.2, 0) is 11.3 Å². The molecule has 1 rings (SSSR count). The average molecular weight is 325 g/mol. The standard InChI is InChI=1S/C15H31N7O/c1-16-15(18-8-11-21(2)9-6-12-23-3)17-7-4-5-10-22-13-19-20-14-22/h13-14H,4-12H2,1-3H3,(H2,16,17,18). The molecule has 0 aliphatic heterocycles. The number of unbranched alkanes of at least 4 members (excludes halogenated alkanes) is 1. The van der Waals surface area contributed by atoms with Crippen LogP contribution in [0.3, 0.4) is 0 Å². The maximum Gasteiger partial charge on any atom is 0.191 e. The van der Waals surface area contributed by atoms with E-state index in [-0.39, 0.29) is 0 Å². The number of aromatic nitrogens is 3. The van der Waals surface area contributed by atoms with Gasteiger partial charge < -0.3 is 24.8 Å². The van der Waals surface area contributed by atoms with Gasteiger partial charge in [0.05, 0.1) is 0 Å². The molecule has 0 saturated heterocycles. The van der Waals surface area contributed by atoms with E-state index in [1.54, 1.807) is 26.8 Å². The summed E-state index contributed by atoms with van der Waals surface area (Å²) in [6, 6.07) is 0. The molecular weight excluding hydrogens is 294 g/mol. The summed E-state index contributed by atoms with van der Waals surface area (Å²) >= 11 is 0. The third-order valence-electron chi connectivity index (χ3n) is 3.50. The molecule has 0 unspecified atom stereocenters.